The number of thiophene rings is 1. The Bertz CT molecular complexity index is 1250. The van der Waals surface area contributed by atoms with Crippen LogP contribution in [0.1, 0.15) is 15.9 Å². The van der Waals surface area contributed by atoms with Crippen LogP contribution in [0.15, 0.2) is 77.5 Å². The van der Waals surface area contributed by atoms with Gasteiger partial charge in [0.25, 0.3) is 0 Å². The van der Waals surface area contributed by atoms with Gasteiger partial charge in [0.2, 0.25) is 0 Å². The Hall–Kier alpha value is -3.01. The summed E-state index contributed by atoms with van der Waals surface area (Å²) >= 11 is 10.4. The molecule has 0 bridgehead atoms. The minimum absolute atomic E-state index is 0.385. The molecule has 2 aromatic heterocycles. The number of methoxy groups -OCH3 is 1. The first-order valence-electron chi connectivity index (χ1n) is 9.64. The molecule has 0 spiro atoms. The van der Waals surface area contributed by atoms with E-state index in [1.165, 1.54) is 18.4 Å². The maximum atomic E-state index is 12.3. The lowest BCUT2D eigenvalue weighted by Crippen LogP contribution is -2.20. The van der Waals surface area contributed by atoms with Crippen LogP contribution in [0.2, 0.25) is 0 Å². The molecule has 162 valence electrons. The number of rotatable bonds is 6. The standard InChI is InChI=1S/C23H19BrN4O2S2/c1-30-22(29)19-11-20(16-7-3-2-4-8-16)32-21(19)27-23(31)26-18-9-5-6-15(10-18)13-28-14-17(24)12-25-28/h2-12,14H,13H2,1H3,(H2,26,27,31). The first-order chi connectivity index (χ1) is 15.5. The van der Waals surface area contributed by atoms with Crippen LogP contribution in [0.3, 0.4) is 0 Å². The van der Waals surface area contributed by atoms with Crippen LogP contribution >= 0.6 is 39.5 Å². The molecule has 32 heavy (non-hydrogen) atoms. The average Bonchev–Trinajstić information content (AvgIpc) is 3.40. The number of hydrogen-bond donors (Lipinski definition) is 2. The second-order valence-electron chi connectivity index (χ2n) is 6.85. The summed E-state index contributed by atoms with van der Waals surface area (Å²) in [5.41, 5.74) is 3.38. The largest absolute Gasteiger partial charge is 0.465 e. The van der Waals surface area contributed by atoms with E-state index in [1.807, 2.05) is 71.5 Å². The molecule has 2 aromatic carbocycles. The van der Waals surface area contributed by atoms with Crippen LogP contribution in [0.25, 0.3) is 10.4 Å². The van der Waals surface area contributed by atoms with Crippen molar-refractivity contribution in [1.82, 2.24) is 9.78 Å². The number of benzene rings is 2. The number of carbonyl (C=O) groups excluding carboxylic acids is 1. The Morgan fingerprint density at radius 2 is 1.97 bits per heavy atom. The third-order valence-corrected chi connectivity index (χ3v) is 6.27. The SMILES string of the molecule is COC(=O)c1cc(-c2ccccc2)sc1NC(=S)Nc1cccc(Cn2cc(Br)cn2)c1. The Labute approximate surface area is 203 Å². The summed E-state index contributed by atoms with van der Waals surface area (Å²) in [6, 6.07) is 19.6. The van der Waals surface area contributed by atoms with Crippen LogP contribution in [-0.4, -0.2) is 28.0 Å². The second kappa shape index (κ2) is 10.1. The normalized spacial score (nSPS) is 10.6. The highest BCUT2D eigenvalue weighted by Crippen LogP contribution is 2.36. The van der Waals surface area contributed by atoms with Crippen molar-refractivity contribution in [3.8, 4) is 10.4 Å². The van der Waals surface area contributed by atoms with Crippen LogP contribution in [0, 0.1) is 0 Å². The molecule has 0 saturated heterocycles. The fraction of sp³-hybridized carbons (Fsp3) is 0.0870. The fourth-order valence-electron chi connectivity index (χ4n) is 3.11. The molecule has 0 radical (unpaired) electrons. The van der Waals surface area contributed by atoms with Gasteiger partial charge in [0, 0.05) is 16.8 Å². The molecule has 4 rings (SSSR count). The van der Waals surface area contributed by atoms with Gasteiger partial charge in [-0.05, 0) is 57.5 Å². The Morgan fingerprint density at radius 1 is 1.16 bits per heavy atom. The van der Waals surface area contributed by atoms with E-state index in [0.29, 0.717) is 22.2 Å². The number of aromatic nitrogens is 2. The average molecular weight is 527 g/mol. The summed E-state index contributed by atoms with van der Waals surface area (Å²) < 4.78 is 7.73. The lowest BCUT2D eigenvalue weighted by atomic mass is 10.1. The summed E-state index contributed by atoms with van der Waals surface area (Å²) in [7, 11) is 1.37. The van der Waals surface area contributed by atoms with Crippen LogP contribution < -0.4 is 10.6 Å². The van der Waals surface area contributed by atoms with E-state index in [0.717, 1.165) is 26.2 Å². The first kappa shape index (κ1) is 22.2. The molecule has 0 saturated carbocycles. The zero-order valence-electron chi connectivity index (χ0n) is 17.0. The van der Waals surface area contributed by atoms with E-state index >= 15 is 0 Å². The summed E-state index contributed by atoms with van der Waals surface area (Å²) in [5, 5.41) is 11.6. The van der Waals surface area contributed by atoms with Crippen LogP contribution in [0.5, 0.6) is 0 Å². The number of ether oxygens (including phenoxy) is 1. The predicted octanol–water partition coefficient (Wildman–Crippen LogP) is 6.02. The smallest absolute Gasteiger partial charge is 0.340 e. The molecular formula is C23H19BrN4O2S2. The minimum Gasteiger partial charge on any atom is -0.465 e. The summed E-state index contributed by atoms with van der Waals surface area (Å²) in [5.74, 6) is -0.416. The lowest BCUT2D eigenvalue weighted by molar-refractivity contribution is 0.0602. The van der Waals surface area contributed by atoms with Crippen molar-refractivity contribution >= 4 is 61.3 Å². The predicted molar refractivity (Wildman–Crippen MR) is 136 cm³/mol. The molecule has 0 amide bonds. The second-order valence-corrected chi connectivity index (χ2v) is 9.22. The van der Waals surface area contributed by atoms with Gasteiger partial charge in [-0.25, -0.2) is 4.79 Å². The number of halogens is 1. The van der Waals surface area contributed by atoms with E-state index in [2.05, 4.69) is 31.7 Å². The molecule has 0 aliphatic heterocycles. The Kier molecular flexibility index (Phi) is 6.99. The zero-order chi connectivity index (χ0) is 22.5. The molecule has 0 aliphatic carbocycles. The number of carbonyl (C=O) groups is 1. The van der Waals surface area contributed by atoms with Gasteiger partial charge in [0.05, 0.1) is 29.9 Å². The summed E-state index contributed by atoms with van der Waals surface area (Å²) in [4.78, 5) is 13.3. The fourth-order valence-corrected chi connectivity index (χ4v) is 4.78. The van der Waals surface area contributed by atoms with E-state index in [1.54, 1.807) is 6.20 Å². The number of thiocarbonyl (C=S) groups is 1. The molecule has 0 atom stereocenters. The lowest BCUT2D eigenvalue weighted by Gasteiger charge is -2.11. The van der Waals surface area contributed by atoms with E-state index in [9.17, 15) is 4.79 Å². The molecule has 0 unspecified atom stereocenters. The highest BCUT2D eigenvalue weighted by atomic mass is 79.9. The Balaban J connectivity index is 1.50. The molecule has 6 nitrogen and oxygen atoms in total. The van der Waals surface area contributed by atoms with Gasteiger partial charge >= 0.3 is 5.97 Å². The molecule has 0 fully saturated rings. The molecular weight excluding hydrogens is 508 g/mol. The number of hydrogen-bond acceptors (Lipinski definition) is 5. The molecule has 2 heterocycles. The van der Waals surface area contributed by atoms with Crippen molar-refractivity contribution < 1.29 is 9.53 Å². The summed E-state index contributed by atoms with van der Waals surface area (Å²) in [6.45, 7) is 0.638. The van der Waals surface area contributed by atoms with Crippen molar-refractivity contribution in [3.63, 3.8) is 0 Å². The van der Waals surface area contributed by atoms with Crippen LogP contribution in [0.4, 0.5) is 10.7 Å². The highest BCUT2D eigenvalue weighted by molar-refractivity contribution is 9.10. The molecule has 4 aromatic rings. The van der Waals surface area contributed by atoms with E-state index in [-0.39, 0.29) is 0 Å². The number of nitrogens with zero attached hydrogens (tertiary/aromatic N) is 2. The van der Waals surface area contributed by atoms with Crippen molar-refractivity contribution in [2.45, 2.75) is 6.54 Å². The van der Waals surface area contributed by atoms with Gasteiger partial charge in [-0.2, -0.15) is 5.10 Å². The van der Waals surface area contributed by atoms with Gasteiger partial charge in [-0.15, -0.1) is 11.3 Å². The van der Waals surface area contributed by atoms with Crippen molar-refractivity contribution in [3.05, 3.63) is 88.7 Å². The third-order valence-electron chi connectivity index (χ3n) is 4.55. The van der Waals surface area contributed by atoms with E-state index < -0.39 is 5.97 Å². The van der Waals surface area contributed by atoms with Gasteiger partial charge in [0.15, 0.2) is 5.11 Å². The minimum atomic E-state index is -0.416. The molecule has 0 aliphatic rings. The van der Waals surface area contributed by atoms with Crippen molar-refractivity contribution in [2.24, 2.45) is 0 Å². The zero-order valence-corrected chi connectivity index (χ0v) is 20.3. The maximum Gasteiger partial charge on any atom is 0.340 e. The first-order valence-corrected chi connectivity index (χ1v) is 11.7. The third kappa shape index (κ3) is 5.42. The monoisotopic (exact) mass is 526 g/mol. The van der Waals surface area contributed by atoms with E-state index in [4.69, 9.17) is 17.0 Å². The highest BCUT2D eigenvalue weighted by Gasteiger charge is 2.18. The summed E-state index contributed by atoms with van der Waals surface area (Å²) in [6.07, 6.45) is 3.67. The molecule has 9 heteroatoms. The molecule has 2 N–H and O–H groups in total. The van der Waals surface area contributed by atoms with Crippen LogP contribution in [-0.2, 0) is 11.3 Å². The van der Waals surface area contributed by atoms with Gasteiger partial charge in [-0.3, -0.25) is 4.68 Å². The van der Waals surface area contributed by atoms with Crippen molar-refractivity contribution in [2.75, 3.05) is 17.7 Å². The Morgan fingerprint density at radius 3 is 2.69 bits per heavy atom. The maximum absolute atomic E-state index is 12.3. The quantitative estimate of drug-likeness (QED) is 0.236. The van der Waals surface area contributed by atoms with Gasteiger partial charge in [-0.1, -0.05) is 42.5 Å². The van der Waals surface area contributed by atoms with Gasteiger partial charge < -0.3 is 15.4 Å². The van der Waals surface area contributed by atoms with Crippen molar-refractivity contribution in [1.29, 1.82) is 0 Å². The van der Waals surface area contributed by atoms with Gasteiger partial charge in [0.1, 0.15) is 5.00 Å². The number of esters is 1. The number of anilines is 2. The number of nitrogens with one attached hydrogen (secondary N) is 2. The topological polar surface area (TPSA) is 68.2 Å².